The molecule has 0 aliphatic heterocycles. The zero-order valence-electron chi connectivity index (χ0n) is 7.56. The molecule has 2 atom stereocenters. The van der Waals surface area contributed by atoms with Gasteiger partial charge in [-0.05, 0) is 18.6 Å². The minimum absolute atomic E-state index is 0.0407. The van der Waals surface area contributed by atoms with Gasteiger partial charge in [0, 0.05) is 0 Å². The largest absolute Gasteiger partial charge is 0.480 e. The fourth-order valence-corrected chi connectivity index (χ4v) is 1.69. The van der Waals surface area contributed by atoms with Crippen LogP contribution in [0.1, 0.15) is 19.8 Å². The van der Waals surface area contributed by atoms with Crippen LogP contribution in [0.15, 0.2) is 0 Å². The van der Waals surface area contributed by atoms with Crippen molar-refractivity contribution in [2.75, 3.05) is 5.75 Å². The van der Waals surface area contributed by atoms with Crippen LogP contribution >= 0.6 is 11.8 Å². The predicted molar refractivity (Wildman–Crippen MR) is 52.4 cm³/mol. The first kappa shape index (κ1) is 12.3. The van der Waals surface area contributed by atoms with Gasteiger partial charge in [0.25, 0.3) is 0 Å². The molecule has 0 aromatic rings. The number of carboxylic acids is 1. The number of carbonyl (C=O) groups is 1. The Bertz CT molecular complexity index is 203. The maximum atomic E-state index is 10.3. The molecule has 2 unspecified atom stereocenters. The van der Waals surface area contributed by atoms with Gasteiger partial charge in [-0.15, -0.1) is 11.8 Å². The highest BCUT2D eigenvalue weighted by Gasteiger charge is 2.12. The lowest BCUT2D eigenvalue weighted by atomic mass is 10.2. The van der Waals surface area contributed by atoms with E-state index in [-0.39, 0.29) is 5.25 Å². The van der Waals surface area contributed by atoms with E-state index in [9.17, 15) is 4.79 Å². The Kier molecular flexibility index (Phi) is 6.37. The highest BCUT2D eigenvalue weighted by Crippen LogP contribution is 2.14. The molecule has 0 rings (SSSR count). The van der Waals surface area contributed by atoms with Gasteiger partial charge in [-0.2, -0.15) is 5.26 Å². The third kappa shape index (κ3) is 5.50. The number of nitrogens with two attached hydrogens (primary N) is 1. The van der Waals surface area contributed by atoms with Crippen LogP contribution in [-0.4, -0.2) is 28.1 Å². The van der Waals surface area contributed by atoms with Gasteiger partial charge in [0.2, 0.25) is 0 Å². The molecule has 0 fully saturated rings. The van der Waals surface area contributed by atoms with Crippen molar-refractivity contribution < 1.29 is 9.90 Å². The van der Waals surface area contributed by atoms with E-state index >= 15 is 0 Å². The topological polar surface area (TPSA) is 87.1 Å². The van der Waals surface area contributed by atoms with Gasteiger partial charge in [0.1, 0.15) is 6.04 Å². The van der Waals surface area contributed by atoms with Crippen LogP contribution in [0.5, 0.6) is 0 Å². The molecule has 5 heteroatoms. The normalized spacial score (nSPS) is 14.5. The second-order valence-corrected chi connectivity index (χ2v) is 3.94. The van der Waals surface area contributed by atoms with Gasteiger partial charge in [0.05, 0.1) is 11.3 Å². The fourth-order valence-electron chi connectivity index (χ4n) is 0.707. The van der Waals surface area contributed by atoms with Crippen molar-refractivity contribution in [1.29, 1.82) is 5.26 Å². The van der Waals surface area contributed by atoms with E-state index in [0.29, 0.717) is 12.2 Å². The smallest absolute Gasteiger partial charge is 0.320 e. The van der Waals surface area contributed by atoms with E-state index in [1.54, 1.807) is 0 Å². The van der Waals surface area contributed by atoms with E-state index in [1.165, 1.54) is 11.8 Å². The highest BCUT2D eigenvalue weighted by molar-refractivity contribution is 8.00. The molecule has 0 saturated carbocycles. The number of nitriles is 1. The highest BCUT2D eigenvalue weighted by atomic mass is 32.2. The summed E-state index contributed by atoms with van der Waals surface area (Å²) in [6, 6.07) is 1.33. The summed E-state index contributed by atoms with van der Waals surface area (Å²) in [7, 11) is 0. The van der Waals surface area contributed by atoms with Crippen LogP contribution in [0, 0.1) is 11.3 Å². The zero-order chi connectivity index (χ0) is 10.3. The SMILES string of the molecule is CCC(C#N)SCCC(N)C(=O)O. The van der Waals surface area contributed by atoms with Crippen molar-refractivity contribution in [3.05, 3.63) is 0 Å². The van der Waals surface area contributed by atoms with E-state index in [4.69, 9.17) is 16.1 Å². The number of thioether (sulfide) groups is 1. The standard InChI is InChI=1S/C8H14N2O2S/c1-2-6(5-9)13-4-3-7(10)8(11)12/h6-7H,2-4,10H2,1H3,(H,11,12). The maximum Gasteiger partial charge on any atom is 0.320 e. The first-order valence-corrected chi connectivity index (χ1v) is 5.16. The third-order valence-electron chi connectivity index (χ3n) is 1.58. The zero-order valence-corrected chi connectivity index (χ0v) is 8.38. The average Bonchev–Trinajstić information content (AvgIpc) is 2.12. The average molecular weight is 202 g/mol. The Balaban J connectivity index is 3.56. The summed E-state index contributed by atoms with van der Waals surface area (Å²) in [5, 5.41) is 17.0. The quantitative estimate of drug-likeness (QED) is 0.666. The van der Waals surface area contributed by atoms with Crippen LogP contribution in [-0.2, 0) is 4.79 Å². The molecule has 0 spiro atoms. The van der Waals surface area contributed by atoms with E-state index < -0.39 is 12.0 Å². The Morgan fingerprint density at radius 1 is 1.77 bits per heavy atom. The lowest BCUT2D eigenvalue weighted by molar-refractivity contribution is -0.138. The first-order valence-electron chi connectivity index (χ1n) is 4.11. The van der Waals surface area contributed by atoms with Crippen LogP contribution in [0.25, 0.3) is 0 Å². The molecule has 0 aliphatic carbocycles. The van der Waals surface area contributed by atoms with E-state index in [2.05, 4.69) is 6.07 Å². The molecule has 0 amide bonds. The van der Waals surface area contributed by atoms with Crippen molar-refractivity contribution >= 4 is 17.7 Å². The predicted octanol–water partition coefficient (Wildman–Crippen LogP) is 0.824. The third-order valence-corrected chi connectivity index (χ3v) is 2.89. The van der Waals surface area contributed by atoms with Crippen molar-refractivity contribution in [3.8, 4) is 6.07 Å². The van der Waals surface area contributed by atoms with Crippen LogP contribution in [0.3, 0.4) is 0 Å². The van der Waals surface area contributed by atoms with Gasteiger partial charge in [-0.1, -0.05) is 6.92 Å². The molecule has 0 heterocycles. The number of carboxylic acid groups (broad SMARTS) is 1. The van der Waals surface area contributed by atoms with Gasteiger partial charge >= 0.3 is 5.97 Å². The minimum atomic E-state index is -0.981. The fraction of sp³-hybridized carbons (Fsp3) is 0.750. The lowest BCUT2D eigenvalue weighted by Crippen LogP contribution is -2.30. The first-order chi connectivity index (χ1) is 6.11. The Hall–Kier alpha value is -0.730. The van der Waals surface area contributed by atoms with E-state index in [1.807, 2.05) is 6.92 Å². The van der Waals surface area contributed by atoms with Crippen LogP contribution in [0.4, 0.5) is 0 Å². The number of aliphatic carboxylic acids is 1. The molecule has 0 bridgehead atoms. The number of hydrogen-bond donors (Lipinski definition) is 2. The molecule has 13 heavy (non-hydrogen) atoms. The van der Waals surface area contributed by atoms with Crippen molar-refractivity contribution in [2.24, 2.45) is 5.73 Å². The molecule has 3 N–H and O–H groups in total. The second-order valence-electron chi connectivity index (χ2n) is 2.63. The Morgan fingerprint density at radius 3 is 2.77 bits per heavy atom. The summed E-state index contributed by atoms with van der Waals surface area (Å²) in [6.45, 7) is 1.93. The molecule has 0 aromatic carbocycles. The summed E-state index contributed by atoms with van der Waals surface area (Å²) >= 11 is 1.46. The summed E-state index contributed by atoms with van der Waals surface area (Å²) in [4.78, 5) is 10.3. The molecule has 74 valence electrons. The van der Waals surface area contributed by atoms with Gasteiger partial charge in [-0.3, -0.25) is 4.79 Å². The Labute approximate surface area is 82.1 Å². The molecule has 0 aromatic heterocycles. The van der Waals surface area contributed by atoms with Gasteiger partial charge in [-0.25, -0.2) is 0 Å². The van der Waals surface area contributed by atoms with Crippen molar-refractivity contribution in [1.82, 2.24) is 0 Å². The monoisotopic (exact) mass is 202 g/mol. The van der Waals surface area contributed by atoms with Crippen molar-refractivity contribution in [3.63, 3.8) is 0 Å². The summed E-state index contributed by atoms with van der Waals surface area (Å²) in [5.74, 6) is -0.356. The summed E-state index contributed by atoms with van der Waals surface area (Å²) < 4.78 is 0. The summed E-state index contributed by atoms with van der Waals surface area (Å²) in [5.41, 5.74) is 5.29. The number of nitrogens with zero attached hydrogens (tertiary/aromatic N) is 1. The minimum Gasteiger partial charge on any atom is -0.480 e. The van der Waals surface area contributed by atoms with Gasteiger partial charge in [0.15, 0.2) is 0 Å². The van der Waals surface area contributed by atoms with E-state index in [0.717, 1.165) is 6.42 Å². The molecular formula is C8H14N2O2S. The molecule has 0 saturated heterocycles. The van der Waals surface area contributed by atoms with Crippen LogP contribution in [0.2, 0.25) is 0 Å². The summed E-state index contributed by atoms with van der Waals surface area (Å²) in [6.07, 6.45) is 1.20. The molecular weight excluding hydrogens is 188 g/mol. The maximum absolute atomic E-state index is 10.3. The van der Waals surface area contributed by atoms with Crippen molar-refractivity contribution in [2.45, 2.75) is 31.1 Å². The Morgan fingerprint density at radius 2 is 2.38 bits per heavy atom. The number of rotatable bonds is 6. The van der Waals surface area contributed by atoms with Gasteiger partial charge < -0.3 is 10.8 Å². The molecule has 0 radical (unpaired) electrons. The molecule has 4 nitrogen and oxygen atoms in total. The van der Waals surface area contributed by atoms with Crippen LogP contribution < -0.4 is 5.73 Å². The molecule has 0 aliphatic rings. The number of hydrogen-bond acceptors (Lipinski definition) is 4. The lowest BCUT2D eigenvalue weighted by Gasteiger charge is -2.07. The second kappa shape index (κ2) is 6.75.